The van der Waals surface area contributed by atoms with Crippen LogP contribution in [0.5, 0.6) is 0 Å². The molecule has 4 aromatic rings. The molecule has 0 radical (unpaired) electrons. The lowest BCUT2D eigenvalue weighted by molar-refractivity contribution is 0.102. The molecule has 0 saturated carbocycles. The molecule has 2 N–H and O–H groups in total. The normalized spacial score (nSPS) is 11.0. The van der Waals surface area contributed by atoms with Crippen molar-refractivity contribution in [1.29, 1.82) is 0 Å². The zero-order chi connectivity index (χ0) is 23.7. The lowest BCUT2D eigenvalue weighted by Gasteiger charge is -2.12. The van der Waals surface area contributed by atoms with Crippen LogP contribution < -0.4 is 17.0 Å². The van der Waals surface area contributed by atoms with Gasteiger partial charge in [0.2, 0.25) is 0 Å². The Morgan fingerprint density at radius 3 is 2.30 bits per heavy atom. The second kappa shape index (κ2) is 8.91. The van der Waals surface area contributed by atoms with Gasteiger partial charge in [-0.25, -0.2) is 4.79 Å². The van der Waals surface area contributed by atoms with Crippen molar-refractivity contribution in [3.05, 3.63) is 86.6 Å². The molecule has 2 aromatic carbocycles. The number of Topliss-reactive ketones (excluding diaryl/α,β-unsaturated/α-hetero) is 1. The molecule has 0 aliphatic heterocycles. The molecule has 0 atom stereocenters. The van der Waals surface area contributed by atoms with Gasteiger partial charge in [0.1, 0.15) is 11.4 Å². The van der Waals surface area contributed by atoms with Gasteiger partial charge >= 0.3 is 5.69 Å². The number of aryl methyl sites for hydroxylation is 1. The summed E-state index contributed by atoms with van der Waals surface area (Å²) >= 11 is 1.15. The van der Waals surface area contributed by atoms with Gasteiger partial charge in [-0.05, 0) is 19.1 Å². The minimum Gasteiger partial charge on any atom is -0.384 e. The molecular formula is C23H22N6O3S. The highest BCUT2D eigenvalue weighted by molar-refractivity contribution is 7.99. The van der Waals surface area contributed by atoms with Crippen LogP contribution >= 0.6 is 11.8 Å². The van der Waals surface area contributed by atoms with Gasteiger partial charge in [0.15, 0.2) is 16.8 Å². The van der Waals surface area contributed by atoms with Crippen LogP contribution in [0.2, 0.25) is 0 Å². The first-order chi connectivity index (χ1) is 15.8. The molecule has 0 amide bonds. The maximum Gasteiger partial charge on any atom is 0.332 e. The van der Waals surface area contributed by atoms with Crippen LogP contribution in [0.4, 0.5) is 5.82 Å². The number of aromatic nitrogens is 5. The molecule has 0 fully saturated rings. The van der Waals surface area contributed by atoms with E-state index in [4.69, 9.17) is 5.73 Å². The summed E-state index contributed by atoms with van der Waals surface area (Å²) in [6.07, 6.45) is 0. The van der Waals surface area contributed by atoms with E-state index in [9.17, 15) is 14.4 Å². The Kier molecular flexibility index (Phi) is 6.01. The number of hydrogen-bond acceptors (Lipinski definition) is 7. The van der Waals surface area contributed by atoms with Crippen LogP contribution in [-0.4, -0.2) is 35.4 Å². The molecule has 0 bridgehead atoms. The van der Waals surface area contributed by atoms with Crippen molar-refractivity contribution in [2.24, 2.45) is 14.1 Å². The number of carbonyl (C=O) groups is 1. The fourth-order valence-electron chi connectivity index (χ4n) is 3.39. The Morgan fingerprint density at radius 2 is 1.64 bits per heavy atom. The second-order valence-electron chi connectivity index (χ2n) is 7.52. The third kappa shape index (κ3) is 4.12. The standard InChI is InChI=1S/C23H22N6O3S/c1-14-9-11-16(12-10-14)29-20(15-7-5-4-6-8-15)25-26-22(29)33-13-17(30)18-19(24)27(2)23(32)28(3)21(18)31/h4-12H,13,24H2,1-3H3. The van der Waals surface area contributed by atoms with Crippen LogP contribution in [0.3, 0.4) is 0 Å². The van der Waals surface area contributed by atoms with Gasteiger partial charge in [-0.15, -0.1) is 10.2 Å². The molecule has 2 heterocycles. The lowest BCUT2D eigenvalue weighted by Crippen LogP contribution is -2.41. The highest BCUT2D eigenvalue weighted by atomic mass is 32.2. The zero-order valence-electron chi connectivity index (χ0n) is 18.3. The topological polar surface area (TPSA) is 118 Å². The molecule has 4 rings (SSSR count). The van der Waals surface area contributed by atoms with Gasteiger partial charge < -0.3 is 5.73 Å². The summed E-state index contributed by atoms with van der Waals surface area (Å²) in [6, 6.07) is 17.5. The number of rotatable bonds is 6. The summed E-state index contributed by atoms with van der Waals surface area (Å²) < 4.78 is 3.83. The smallest absolute Gasteiger partial charge is 0.332 e. The van der Waals surface area contributed by atoms with Crippen LogP contribution in [-0.2, 0) is 14.1 Å². The summed E-state index contributed by atoms with van der Waals surface area (Å²) in [5.74, 6) is -0.116. The van der Waals surface area contributed by atoms with Gasteiger partial charge in [-0.1, -0.05) is 59.8 Å². The number of ketones is 1. The summed E-state index contributed by atoms with van der Waals surface area (Å²) in [5.41, 5.74) is 7.24. The minimum absolute atomic E-state index is 0.101. The molecule has 168 valence electrons. The predicted octanol–water partition coefficient (Wildman–Crippen LogP) is 2.20. The number of nitrogens with zero attached hydrogens (tertiary/aromatic N) is 5. The Hall–Kier alpha value is -3.92. The molecule has 0 aliphatic rings. The van der Waals surface area contributed by atoms with Crippen LogP contribution in [0.15, 0.2) is 69.3 Å². The van der Waals surface area contributed by atoms with Crippen molar-refractivity contribution >= 4 is 23.4 Å². The van der Waals surface area contributed by atoms with E-state index in [1.807, 2.05) is 66.1 Å². The maximum absolute atomic E-state index is 13.0. The van der Waals surface area contributed by atoms with Crippen molar-refractivity contribution in [3.63, 3.8) is 0 Å². The van der Waals surface area contributed by atoms with Crippen LogP contribution in [0, 0.1) is 6.92 Å². The third-order valence-corrected chi connectivity index (χ3v) is 6.21. The lowest BCUT2D eigenvalue weighted by atomic mass is 10.2. The SMILES string of the molecule is Cc1ccc(-n2c(SCC(=O)c3c(N)n(C)c(=O)n(C)c3=O)nnc2-c2ccccc2)cc1. The van der Waals surface area contributed by atoms with Gasteiger partial charge in [0, 0.05) is 25.3 Å². The van der Waals surface area contributed by atoms with Crippen LogP contribution in [0.25, 0.3) is 17.1 Å². The van der Waals surface area contributed by atoms with Gasteiger partial charge in [0.25, 0.3) is 5.56 Å². The molecule has 33 heavy (non-hydrogen) atoms. The van der Waals surface area contributed by atoms with Crippen molar-refractivity contribution in [3.8, 4) is 17.1 Å². The average Bonchev–Trinajstić information content (AvgIpc) is 3.25. The molecule has 0 aliphatic carbocycles. The summed E-state index contributed by atoms with van der Waals surface area (Å²) in [4.78, 5) is 37.5. The molecule has 0 spiro atoms. The summed E-state index contributed by atoms with van der Waals surface area (Å²) in [6.45, 7) is 2.00. The van der Waals surface area contributed by atoms with E-state index in [0.29, 0.717) is 11.0 Å². The van der Waals surface area contributed by atoms with E-state index in [1.54, 1.807) is 0 Å². The largest absolute Gasteiger partial charge is 0.384 e. The van der Waals surface area contributed by atoms with E-state index >= 15 is 0 Å². The number of hydrogen-bond donors (Lipinski definition) is 1. The predicted molar refractivity (Wildman–Crippen MR) is 128 cm³/mol. The van der Waals surface area contributed by atoms with E-state index in [1.165, 1.54) is 14.1 Å². The molecule has 2 aromatic heterocycles. The Bertz CT molecular complexity index is 1450. The Morgan fingerprint density at radius 1 is 0.970 bits per heavy atom. The zero-order valence-corrected chi connectivity index (χ0v) is 19.2. The number of nitrogens with two attached hydrogens (primary N) is 1. The van der Waals surface area contributed by atoms with Crippen molar-refractivity contribution in [2.75, 3.05) is 11.5 Å². The van der Waals surface area contributed by atoms with E-state index in [-0.39, 0.29) is 17.1 Å². The monoisotopic (exact) mass is 462 g/mol. The van der Waals surface area contributed by atoms with Gasteiger partial charge in [-0.2, -0.15) is 0 Å². The quantitative estimate of drug-likeness (QED) is 0.345. The number of thioether (sulfide) groups is 1. The number of nitrogen functional groups attached to an aromatic ring is 1. The summed E-state index contributed by atoms with van der Waals surface area (Å²) in [7, 11) is 2.73. The van der Waals surface area contributed by atoms with Gasteiger partial charge in [0.05, 0.1) is 5.75 Å². The Labute approximate surface area is 193 Å². The Balaban J connectivity index is 1.72. The van der Waals surface area contributed by atoms with E-state index in [0.717, 1.165) is 37.7 Å². The first-order valence-electron chi connectivity index (χ1n) is 10.1. The number of carbonyl (C=O) groups excluding carboxylic acids is 1. The van der Waals surface area contributed by atoms with Crippen molar-refractivity contribution in [1.82, 2.24) is 23.9 Å². The van der Waals surface area contributed by atoms with Gasteiger partial charge in [-0.3, -0.25) is 23.3 Å². The average molecular weight is 463 g/mol. The van der Waals surface area contributed by atoms with E-state index in [2.05, 4.69) is 10.2 Å². The number of benzene rings is 2. The molecule has 10 heteroatoms. The van der Waals surface area contributed by atoms with Crippen LogP contribution in [0.1, 0.15) is 15.9 Å². The maximum atomic E-state index is 13.0. The second-order valence-corrected chi connectivity index (χ2v) is 8.46. The highest BCUT2D eigenvalue weighted by Crippen LogP contribution is 2.28. The summed E-state index contributed by atoms with van der Waals surface area (Å²) in [5, 5.41) is 9.15. The third-order valence-electron chi connectivity index (χ3n) is 5.28. The molecular weight excluding hydrogens is 440 g/mol. The first kappa shape index (κ1) is 22.3. The molecule has 9 nitrogen and oxygen atoms in total. The van der Waals surface area contributed by atoms with Crippen molar-refractivity contribution in [2.45, 2.75) is 12.1 Å². The first-order valence-corrected chi connectivity index (χ1v) is 11.1. The minimum atomic E-state index is -0.717. The number of anilines is 1. The molecule has 0 unspecified atom stereocenters. The molecule has 0 saturated heterocycles. The highest BCUT2D eigenvalue weighted by Gasteiger charge is 2.22. The fourth-order valence-corrected chi connectivity index (χ4v) is 4.21. The van der Waals surface area contributed by atoms with E-state index < -0.39 is 17.0 Å². The van der Waals surface area contributed by atoms with Crippen molar-refractivity contribution < 1.29 is 4.79 Å². The fraction of sp³-hybridized carbons (Fsp3) is 0.174.